The molecule has 160 valence electrons. The molecule has 0 aromatic heterocycles. The minimum absolute atomic E-state index is 0. The highest BCUT2D eigenvalue weighted by molar-refractivity contribution is 14.0. The molecule has 2 fully saturated rings. The summed E-state index contributed by atoms with van der Waals surface area (Å²) in [7, 11) is 0. The third-order valence-electron chi connectivity index (χ3n) is 5.32. The monoisotopic (exact) mass is 505 g/mol. The van der Waals surface area contributed by atoms with E-state index in [1.54, 1.807) is 0 Å². The molecule has 27 heavy (non-hydrogen) atoms. The number of hydrogen-bond acceptors (Lipinski definition) is 3. The van der Waals surface area contributed by atoms with Crippen LogP contribution < -0.4 is 10.6 Å². The number of piperidine rings is 1. The van der Waals surface area contributed by atoms with Crippen molar-refractivity contribution in [3.8, 4) is 0 Å². The molecule has 0 aliphatic carbocycles. The number of likely N-dealkylation sites (tertiary alicyclic amines) is 2. The van der Waals surface area contributed by atoms with Crippen molar-refractivity contribution in [1.82, 2.24) is 20.4 Å². The number of alkyl halides is 3. The summed E-state index contributed by atoms with van der Waals surface area (Å²) < 4.78 is 37.5. The maximum absolute atomic E-state index is 12.5. The number of rotatable bonds is 7. The van der Waals surface area contributed by atoms with Gasteiger partial charge in [0.05, 0.1) is 6.54 Å². The fourth-order valence-electron chi connectivity index (χ4n) is 3.81. The molecule has 0 aromatic carbocycles. The summed E-state index contributed by atoms with van der Waals surface area (Å²) in [5, 5.41) is 6.52. The van der Waals surface area contributed by atoms with Crippen molar-refractivity contribution >= 4 is 29.9 Å². The molecular weight excluding hydrogens is 470 g/mol. The van der Waals surface area contributed by atoms with Crippen LogP contribution in [0.5, 0.6) is 0 Å². The van der Waals surface area contributed by atoms with Crippen molar-refractivity contribution in [2.24, 2.45) is 10.9 Å². The van der Waals surface area contributed by atoms with E-state index >= 15 is 0 Å². The Kier molecular flexibility index (Phi) is 11.3. The van der Waals surface area contributed by atoms with E-state index in [0.717, 1.165) is 44.4 Å². The second kappa shape index (κ2) is 12.3. The zero-order valence-corrected chi connectivity index (χ0v) is 18.9. The van der Waals surface area contributed by atoms with Gasteiger partial charge in [0.2, 0.25) is 0 Å². The molecule has 2 aliphatic rings. The molecule has 2 N–H and O–H groups in total. The van der Waals surface area contributed by atoms with Crippen molar-refractivity contribution in [3.63, 3.8) is 0 Å². The van der Waals surface area contributed by atoms with E-state index in [9.17, 15) is 13.2 Å². The van der Waals surface area contributed by atoms with Gasteiger partial charge >= 0.3 is 6.18 Å². The number of aliphatic imine (C=N–C) groups is 1. The normalized spacial score (nSPS) is 23.3. The molecule has 2 saturated heterocycles. The summed E-state index contributed by atoms with van der Waals surface area (Å²) in [5.74, 6) is 1.47. The lowest BCUT2D eigenvalue weighted by molar-refractivity contribution is -0.143. The van der Waals surface area contributed by atoms with Crippen LogP contribution in [0.15, 0.2) is 4.99 Å². The molecule has 5 nitrogen and oxygen atoms in total. The molecule has 0 aromatic rings. The third-order valence-corrected chi connectivity index (χ3v) is 5.32. The minimum Gasteiger partial charge on any atom is -0.357 e. The summed E-state index contributed by atoms with van der Waals surface area (Å²) in [5.41, 5.74) is 0. The maximum atomic E-state index is 12.5. The number of nitrogens with zero attached hydrogens (tertiary/aromatic N) is 3. The highest BCUT2D eigenvalue weighted by atomic mass is 127. The van der Waals surface area contributed by atoms with E-state index < -0.39 is 12.7 Å². The third kappa shape index (κ3) is 9.65. The molecule has 0 bridgehead atoms. The molecular formula is C18H35F3IN5. The van der Waals surface area contributed by atoms with Gasteiger partial charge in [-0.1, -0.05) is 6.92 Å². The highest BCUT2D eigenvalue weighted by Gasteiger charge is 2.34. The van der Waals surface area contributed by atoms with Gasteiger partial charge in [0.15, 0.2) is 5.96 Å². The second-order valence-corrected chi connectivity index (χ2v) is 7.41. The zero-order valence-electron chi connectivity index (χ0n) is 16.5. The smallest absolute Gasteiger partial charge is 0.357 e. The largest absolute Gasteiger partial charge is 0.401 e. The van der Waals surface area contributed by atoms with Gasteiger partial charge in [0, 0.05) is 32.2 Å². The average molecular weight is 505 g/mol. The van der Waals surface area contributed by atoms with Crippen molar-refractivity contribution in [2.45, 2.75) is 51.7 Å². The lowest BCUT2D eigenvalue weighted by atomic mass is 9.94. The molecule has 2 aliphatic heterocycles. The van der Waals surface area contributed by atoms with Gasteiger partial charge in [-0.2, -0.15) is 13.2 Å². The highest BCUT2D eigenvalue weighted by Crippen LogP contribution is 2.21. The van der Waals surface area contributed by atoms with Crippen LogP contribution >= 0.6 is 24.0 Å². The Morgan fingerprint density at radius 3 is 2.33 bits per heavy atom. The van der Waals surface area contributed by atoms with E-state index in [2.05, 4.69) is 27.4 Å². The Bertz CT molecular complexity index is 439. The molecule has 0 radical (unpaired) electrons. The van der Waals surface area contributed by atoms with E-state index in [1.807, 2.05) is 6.92 Å². The SMILES string of the molecule is CCNC(=NCCC1CCN(CC)CC1)NC1CCN(CC(F)(F)F)C1.I. The van der Waals surface area contributed by atoms with E-state index in [0.29, 0.717) is 13.1 Å². The molecule has 1 unspecified atom stereocenters. The minimum atomic E-state index is -4.12. The first-order valence-electron chi connectivity index (χ1n) is 9.96. The van der Waals surface area contributed by atoms with Crippen molar-refractivity contribution in [1.29, 1.82) is 0 Å². The Morgan fingerprint density at radius 2 is 1.74 bits per heavy atom. The van der Waals surface area contributed by atoms with Crippen molar-refractivity contribution < 1.29 is 13.2 Å². The van der Waals surface area contributed by atoms with Crippen molar-refractivity contribution in [2.75, 3.05) is 52.4 Å². The standard InChI is InChI=1S/C18H34F3N5.HI/c1-3-22-17(23-9-5-15-6-10-25(4-2)11-7-15)24-16-8-12-26(13-16)14-18(19,20)21;/h15-16H,3-14H2,1-2H3,(H2,22,23,24);1H. The van der Waals surface area contributed by atoms with Crippen LogP contribution in [0.3, 0.4) is 0 Å². The van der Waals surface area contributed by atoms with Crippen LogP contribution in [0.2, 0.25) is 0 Å². The zero-order chi connectivity index (χ0) is 19.0. The summed E-state index contributed by atoms with van der Waals surface area (Å²) in [6, 6.07) is 0.0305. The molecule has 0 spiro atoms. The fraction of sp³-hybridized carbons (Fsp3) is 0.944. The van der Waals surface area contributed by atoms with Gasteiger partial charge in [-0.05, 0) is 58.2 Å². The molecule has 2 heterocycles. The molecule has 0 saturated carbocycles. The van der Waals surface area contributed by atoms with E-state index in [4.69, 9.17) is 0 Å². The Morgan fingerprint density at radius 1 is 1.07 bits per heavy atom. The van der Waals surface area contributed by atoms with Crippen LogP contribution in [-0.2, 0) is 0 Å². The maximum Gasteiger partial charge on any atom is 0.401 e. The average Bonchev–Trinajstić information content (AvgIpc) is 3.00. The number of hydrogen-bond donors (Lipinski definition) is 2. The topological polar surface area (TPSA) is 42.9 Å². The van der Waals surface area contributed by atoms with Gasteiger partial charge in [0.25, 0.3) is 0 Å². The summed E-state index contributed by atoms with van der Waals surface area (Å²) in [6.45, 7) is 9.29. The predicted octanol–water partition coefficient (Wildman–Crippen LogP) is 2.92. The van der Waals surface area contributed by atoms with Gasteiger partial charge in [0.1, 0.15) is 0 Å². The molecule has 2 rings (SSSR count). The Hall–Kier alpha value is -0.290. The molecule has 9 heteroatoms. The van der Waals surface area contributed by atoms with Gasteiger partial charge < -0.3 is 15.5 Å². The summed E-state index contributed by atoms with van der Waals surface area (Å²) in [6.07, 6.45) is 0.153. The lowest BCUT2D eigenvalue weighted by Crippen LogP contribution is -2.45. The number of nitrogens with one attached hydrogen (secondary N) is 2. The first kappa shape index (κ1) is 24.7. The van der Waals surface area contributed by atoms with Gasteiger partial charge in [-0.3, -0.25) is 9.89 Å². The first-order valence-corrected chi connectivity index (χ1v) is 9.96. The fourth-order valence-corrected chi connectivity index (χ4v) is 3.81. The predicted molar refractivity (Wildman–Crippen MR) is 115 cm³/mol. The van der Waals surface area contributed by atoms with Crippen molar-refractivity contribution in [3.05, 3.63) is 0 Å². The van der Waals surface area contributed by atoms with Gasteiger partial charge in [-0.25, -0.2) is 0 Å². The summed E-state index contributed by atoms with van der Waals surface area (Å²) in [4.78, 5) is 8.60. The van der Waals surface area contributed by atoms with Crippen LogP contribution in [-0.4, -0.2) is 80.3 Å². The second-order valence-electron chi connectivity index (χ2n) is 7.41. The summed E-state index contributed by atoms with van der Waals surface area (Å²) >= 11 is 0. The van der Waals surface area contributed by atoms with Gasteiger partial charge in [-0.15, -0.1) is 24.0 Å². The van der Waals surface area contributed by atoms with Crippen LogP contribution in [0.4, 0.5) is 13.2 Å². The Labute approximate surface area is 178 Å². The van der Waals surface area contributed by atoms with E-state index in [-0.39, 0.29) is 30.0 Å². The number of guanidine groups is 1. The molecule has 0 amide bonds. The quantitative estimate of drug-likeness (QED) is 0.318. The lowest BCUT2D eigenvalue weighted by Gasteiger charge is -2.30. The first-order chi connectivity index (χ1) is 12.4. The van der Waals surface area contributed by atoms with E-state index in [1.165, 1.54) is 30.8 Å². The number of halogens is 4. The van der Waals surface area contributed by atoms with Crippen LogP contribution in [0, 0.1) is 5.92 Å². The molecule has 1 atom stereocenters. The Balaban J connectivity index is 0.00000364. The van der Waals surface area contributed by atoms with Crippen LogP contribution in [0.1, 0.15) is 39.5 Å². The van der Waals surface area contributed by atoms with Crippen LogP contribution in [0.25, 0.3) is 0 Å².